The molecule has 1 aromatic heterocycles. The molecule has 4 rings (SSSR count). The van der Waals surface area contributed by atoms with Gasteiger partial charge in [-0.25, -0.2) is 0 Å². The van der Waals surface area contributed by atoms with E-state index in [0.717, 1.165) is 48.3 Å². The van der Waals surface area contributed by atoms with Crippen LogP contribution in [0.2, 0.25) is 0 Å². The van der Waals surface area contributed by atoms with E-state index >= 15 is 0 Å². The van der Waals surface area contributed by atoms with Gasteiger partial charge in [0.25, 0.3) is 0 Å². The molecule has 1 unspecified atom stereocenters. The number of carbonyl (C=O) groups excluding carboxylic acids is 2. The third-order valence-electron chi connectivity index (χ3n) is 7.31. The zero-order chi connectivity index (χ0) is 26.0. The molecule has 0 saturated carbocycles. The third kappa shape index (κ3) is 6.33. The Labute approximate surface area is 222 Å². The van der Waals surface area contributed by atoms with Gasteiger partial charge >= 0.3 is 0 Å². The molecule has 0 bridgehead atoms. The van der Waals surface area contributed by atoms with E-state index in [9.17, 15) is 9.59 Å². The first-order valence-electron chi connectivity index (χ1n) is 14.1. The lowest BCUT2D eigenvalue weighted by molar-refractivity contribution is -0.135. The van der Waals surface area contributed by atoms with E-state index in [2.05, 4.69) is 48.9 Å². The minimum Gasteiger partial charge on any atom is -0.333 e. The summed E-state index contributed by atoms with van der Waals surface area (Å²) in [6.45, 7) is 5.07. The van der Waals surface area contributed by atoms with E-state index in [0.29, 0.717) is 13.0 Å². The molecule has 0 radical (unpaired) electrons. The van der Waals surface area contributed by atoms with Gasteiger partial charge in [-0.2, -0.15) is 0 Å². The lowest BCUT2D eigenvalue weighted by atomic mass is 9.97. The molecule has 2 heterocycles. The highest BCUT2D eigenvalue weighted by Crippen LogP contribution is 2.42. The Hall–Kier alpha value is -3.34. The number of anilines is 1. The van der Waals surface area contributed by atoms with E-state index in [-0.39, 0.29) is 24.4 Å². The largest absolute Gasteiger partial charge is 0.333 e. The smallest absolute Gasteiger partial charge is 0.247 e. The summed E-state index contributed by atoms with van der Waals surface area (Å²) in [7, 11) is 0. The Morgan fingerprint density at radius 3 is 2.19 bits per heavy atom. The van der Waals surface area contributed by atoms with E-state index in [1.54, 1.807) is 4.90 Å². The van der Waals surface area contributed by atoms with Crippen molar-refractivity contribution < 1.29 is 9.59 Å². The van der Waals surface area contributed by atoms with E-state index in [1.807, 2.05) is 47.4 Å². The van der Waals surface area contributed by atoms with E-state index in [4.69, 9.17) is 0 Å². The van der Waals surface area contributed by atoms with Crippen LogP contribution < -0.4 is 4.90 Å². The number of hydrogen-bond donors (Lipinski definition) is 0. The van der Waals surface area contributed by atoms with Gasteiger partial charge in [-0.15, -0.1) is 0 Å². The number of benzene rings is 2. The zero-order valence-electron chi connectivity index (χ0n) is 22.4. The van der Waals surface area contributed by atoms with Crippen molar-refractivity contribution in [3.05, 3.63) is 84.2 Å². The summed E-state index contributed by atoms with van der Waals surface area (Å²) in [4.78, 5) is 31.1. The predicted octanol–water partition coefficient (Wildman–Crippen LogP) is 7.29. The van der Waals surface area contributed by atoms with Crippen LogP contribution in [0.4, 0.5) is 5.69 Å². The molecular weight excluding hydrogens is 458 g/mol. The molecule has 0 N–H and O–H groups in total. The maximum Gasteiger partial charge on any atom is 0.247 e. The molecule has 37 heavy (non-hydrogen) atoms. The fourth-order valence-corrected chi connectivity index (χ4v) is 5.31. The van der Waals surface area contributed by atoms with Crippen LogP contribution in [-0.2, 0) is 9.59 Å². The van der Waals surface area contributed by atoms with Crippen molar-refractivity contribution >= 4 is 17.5 Å². The predicted molar refractivity (Wildman–Crippen MR) is 151 cm³/mol. The molecule has 2 amide bonds. The quantitative estimate of drug-likeness (QED) is 0.232. The molecule has 0 fully saturated rings. The van der Waals surface area contributed by atoms with Gasteiger partial charge in [-0.1, -0.05) is 94.8 Å². The maximum absolute atomic E-state index is 14.1. The van der Waals surface area contributed by atoms with Gasteiger partial charge in [0, 0.05) is 19.2 Å². The number of hydrogen-bond acceptors (Lipinski definition) is 2. The molecule has 0 spiro atoms. The van der Waals surface area contributed by atoms with Crippen molar-refractivity contribution in [2.24, 2.45) is 0 Å². The van der Waals surface area contributed by atoms with Crippen molar-refractivity contribution in [1.29, 1.82) is 0 Å². The highest BCUT2D eigenvalue weighted by Gasteiger charge is 2.36. The van der Waals surface area contributed by atoms with Crippen molar-refractivity contribution in [2.75, 3.05) is 18.0 Å². The topological polar surface area (TPSA) is 45.6 Å². The highest BCUT2D eigenvalue weighted by molar-refractivity contribution is 6.00. The maximum atomic E-state index is 14.1. The molecule has 0 saturated heterocycles. The second-order valence-electron chi connectivity index (χ2n) is 10.1. The number of fused-ring (bicyclic) bond motifs is 3. The molecule has 2 aromatic carbocycles. The van der Waals surface area contributed by atoms with Gasteiger partial charge in [-0.3, -0.25) is 14.5 Å². The van der Waals surface area contributed by atoms with Crippen LogP contribution in [0.1, 0.15) is 88.9 Å². The minimum absolute atomic E-state index is 0.0406. The van der Waals surface area contributed by atoms with Crippen molar-refractivity contribution in [3.63, 3.8) is 0 Å². The van der Waals surface area contributed by atoms with Gasteiger partial charge in [0.05, 0.1) is 17.1 Å². The molecule has 1 aliphatic heterocycles. The number of unbranched alkanes of at least 4 members (excludes halogenated alkanes) is 6. The van der Waals surface area contributed by atoms with Crippen molar-refractivity contribution in [2.45, 2.75) is 77.7 Å². The first-order chi connectivity index (χ1) is 18.2. The van der Waals surface area contributed by atoms with Gasteiger partial charge in [-0.05, 0) is 42.7 Å². The highest BCUT2D eigenvalue weighted by atomic mass is 16.2. The molecule has 0 aliphatic carbocycles. The Bertz CT molecular complexity index is 1150. The van der Waals surface area contributed by atoms with Crippen LogP contribution in [0.5, 0.6) is 0 Å². The molecule has 1 atom stereocenters. The number of rotatable bonds is 13. The van der Waals surface area contributed by atoms with E-state index in [1.165, 1.54) is 25.7 Å². The summed E-state index contributed by atoms with van der Waals surface area (Å²) in [6, 6.07) is 22.1. The zero-order valence-corrected chi connectivity index (χ0v) is 22.4. The summed E-state index contributed by atoms with van der Waals surface area (Å²) in [5.74, 6) is 0.0587. The SMILES string of the molecule is CCCCCCCCC(=O)N(CCCC)CC(=O)N1c2ccccc2-n2cccc2C1c1ccccc1. The number of para-hydroxylation sites is 2. The van der Waals surface area contributed by atoms with Crippen LogP contribution in [-0.4, -0.2) is 34.4 Å². The summed E-state index contributed by atoms with van der Waals surface area (Å²) < 4.78 is 2.18. The normalized spacial score (nSPS) is 14.2. The van der Waals surface area contributed by atoms with Gasteiger partial charge < -0.3 is 9.47 Å². The molecular formula is C32H41N3O2. The summed E-state index contributed by atoms with van der Waals surface area (Å²) in [6.07, 6.45) is 11.3. The van der Waals surface area contributed by atoms with Crippen LogP contribution in [0.3, 0.4) is 0 Å². The lowest BCUT2D eigenvalue weighted by Gasteiger charge is -2.39. The fourth-order valence-electron chi connectivity index (χ4n) is 5.31. The van der Waals surface area contributed by atoms with Gasteiger partial charge in [0.15, 0.2) is 0 Å². The Balaban J connectivity index is 1.57. The number of amides is 2. The average molecular weight is 500 g/mol. The van der Waals surface area contributed by atoms with Crippen molar-refractivity contribution in [1.82, 2.24) is 9.47 Å². The molecule has 5 heteroatoms. The number of aromatic nitrogens is 1. The van der Waals surface area contributed by atoms with Gasteiger partial charge in [0.1, 0.15) is 12.6 Å². The molecule has 5 nitrogen and oxygen atoms in total. The third-order valence-corrected chi connectivity index (χ3v) is 7.31. The summed E-state index contributed by atoms with van der Waals surface area (Å²) in [5.41, 5.74) is 3.98. The number of carbonyl (C=O) groups is 2. The Morgan fingerprint density at radius 2 is 1.43 bits per heavy atom. The first kappa shape index (κ1) is 26.7. The van der Waals surface area contributed by atoms with Crippen LogP contribution in [0.25, 0.3) is 5.69 Å². The van der Waals surface area contributed by atoms with Crippen LogP contribution >= 0.6 is 0 Å². The Morgan fingerprint density at radius 1 is 0.757 bits per heavy atom. The lowest BCUT2D eigenvalue weighted by Crippen LogP contribution is -2.47. The molecule has 1 aliphatic rings. The van der Waals surface area contributed by atoms with Crippen LogP contribution in [0, 0.1) is 0 Å². The summed E-state index contributed by atoms with van der Waals surface area (Å²) >= 11 is 0. The minimum atomic E-state index is -0.250. The molecule has 196 valence electrons. The number of nitrogens with zero attached hydrogens (tertiary/aromatic N) is 3. The second kappa shape index (κ2) is 13.3. The Kier molecular flexibility index (Phi) is 9.58. The molecule has 3 aromatic rings. The second-order valence-corrected chi connectivity index (χ2v) is 10.1. The van der Waals surface area contributed by atoms with Crippen LogP contribution in [0.15, 0.2) is 72.9 Å². The first-order valence-corrected chi connectivity index (χ1v) is 14.1. The monoisotopic (exact) mass is 499 g/mol. The van der Waals surface area contributed by atoms with Crippen molar-refractivity contribution in [3.8, 4) is 5.69 Å². The van der Waals surface area contributed by atoms with E-state index < -0.39 is 0 Å². The average Bonchev–Trinajstić information content (AvgIpc) is 3.42. The fraction of sp³-hybridized carbons (Fsp3) is 0.438. The van der Waals surface area contributed by atoms with Gasteiger partial charge in [0.2, 0.25) is 11.8 Å². The standard InChI is InChI=1S/C32H41N3O2/c1-3-5-7-8-9-13-22-30(36)33(23-6-4-2)25-31(37)35-28-20-15-14-19-27(28)34-24-16-21-29(34)32(35)26-17-11-10-12-18-26/h10-12,14-21,24,32H,3-9,13,22-23,25H2,1-2H3. The summed E-state index contributed by atoms with van der Waals surface area (Å²) in [5, 5.41) is 0.